The minimum Gasteiger partial charge on any atom is -0.480 e. The molecule has 0 spiro atoms. The van der Waals surface area contributed by atoms with Gasteiger partial charge in [-0.05, 0) is 32.4 Å². The first kappa shape index (κ1) is 16.1. The van der Waals surface area contributed by atoms with Crippen molar-refractivity contribution in [2.24, 2.45) is 0 Å². The predicted molar refractivity (Wildman–Crippen MR) is 88.5 cm³/mol. The quantitative estimate of drug-likeness (QED) is 0.932. The van der Waals surface area contributed by atoms with Crippen molar-refractivity contribution >= 4 is 5.91 Å². The number of nitriles is 1. The molecule has 2 atom stereocenters. The molecule has 1 amide bonds. The molecule has 6 heteroatoms. The second-order valence-corrected chi connectivity index (χ2v) is 6.06. The van der Waals surface area contributed by atoms with Crippen molar-refractivity contribution in [1.29, 1.82) is 5.26 Å². The van der Waals surface area contributed by atoms with Crippen LogP contribution in [0, 0.1) is 18.3 Å². The number of benzene rings is 1. The Morgan fingerprint density at radius 2 is 2.29 bits per heavy atom. The van der Waals surface area contributed by atoms with E-state index in [0.29, 0.717) is 11.3 Å². The summed E-state index contributed by atoms with van der Waals surface area (Å²) >= 11 is 0. The van der Waals surface area contributed by atoms with E-state index in [4.69, 9.17) is 10.00 Å². The van der Waals surface area contributed by atoms with E-state index in [1.165, 1.54) is 0 Å². The van der Waals surface area contributed by atoms with Crippen molar-refractivity contribution in [1.82, 2.24) is 14.9 Å². The summed E-state index contributed by atoms with van der Waals surface area (Å²) < 4.78 is 7.76. The highest BCUT2D eigenvalue weighted by molar-refractivity contribution is 5.81. The van der Waals surface area contributed by atoms with Crippen LogP contribution >= 0.6 is 0 Å². The van der Waals surface area contributed by atoms with Crippen LogP contribution in [-0.2, 0) is 17.8 Å². The first-order chi connectivity index (χ1) is 11.6. The molecular weight excluding hydrogens is 304 g/mol. The molecule has 0 fully saturated rings. The van der Waals surface area contributed by atoms with Crippen molar-refractivity contribution in [3.63, 3.8) is 0 Å². The summed E-state index contributed by atoms with van der Waals surface area (Å²) in [5, 5.41) is 12.1. The zero-order valence-corrected chi connectivity index (χ0v) is 13.8. The van der Waals surface area contributed by atoms with Gasteiger partial charge in [-0.1, -0.05) is 12.1 Å². The zero-order valence-electron chi connectivity index (χ0n) is 13.8. The highest BCUT2D eigenvalue weighted by Crippen LogP contribution is 2.19. The lowest BCUT2D eigenvalue weighted by atomic mass is 10.1. The number of hydrogen-bond acceptors (Lipinski definition) is 4. The molecule has 3 rings (SSSR count). The lowest BCUT2D eigenvalue weighted by molar-refractivity contribution is -0.128. The molecule has 0 bridgehead atoms. The Bertz CT molecular complexity index is 791. The Labute approximate surface area is 141 Å². The molecule has 2 heterocycles. The van der Waals surface area contributed by atoms with Crippen LogP contribution in [0.25, 0.3) is 0 Å². The number of nitrogens with zero attached hydrogens (tertiary/aromatic N) is 3. The Morgan fingerprint density at radius 1 is 1.50 bits per heavy atom. The van der Waals surface area contributed by atoms with Gasteiger partial charge in [-0.2, -0.15) is 5.26 Å². The van der Waals surface area contributed by atoms with Crippen LogP contribution in [0.4, 0.5) is 0 Å². The van der Waals surface area contributed by atoms with Crippen molar-refractivity contribution in [3.05, 3.63) is 47.5 Å². The third kappa shape index (κ3) is 3.40. The molecular formula is C18H20N4O2. The Balaban J connectivity index is 1.60. The van der Waals surface area contributed by atoms with Crippen LogP contribution in [0.5, 0.6) is 5.75 Å². The lowest BCUT2D eigenvalue weighted by Gasteiger charge is -2.26. The smallest absolute Gasteiger partial charge is 0.261 e. The van der Waals surface area contributed by atoms with E-state index in [2.05, 4.69) is 20.9 Å². The predicted octanol–water partition coefficient (Wildman–Crippen LogP) is 1.96. The fraction of sp³-hybridized carbons (Fsp3) is 0.389. The number of amides is 1. The fourth-order valence-corrected chi connectivity index (χ4v) is 2.93. The molecule has 0 unspecified atom stereocenters. The van der Waals surface area contributed by atoms with Gasteiger partial charge in [-0.25, -0.2) is 4.98 Å². The van der Waals surface area contributed by atoms with Gasteiger partial charge in [0.2, 0.25) is 0 Å². The van der Waals surface area contributed by atoms with E-state index in [0.717, 1.165) is 30.9 Å². The van der Waals surface area contributed by atoms with Crippen LogP contribution in [0.15, 0.2) is 30.5 Å². The minimum atomic E-state index is -0.662. The molecule has 0 saturated heterocycles. The van der Waals surface area contributed by atoms with Gasteiger partial charge < -0.3 is 14.6 Å². The number of aryl methyl sites for hydroxylation is 2. The van der Waals surface area contributed by atoms with Gasteiger partial charge >= 0.3 is 0 Å². The molecule has 24 heavy (non-hydrogen) atoms. The van der Waals surface area contributed by atoms with Crippen molar-refractivity contribution in [3.8, 4) is 11.8 Å². The Hall–Kier alpha value is -2.81. The second-order valence-electron chi connectivity index (χ2n) is 6.06. The fourth-order valence-electron chi connectivity index (χ4n) is 2.93. The molecule has 1 aromatic heterocycles. The van der Waals surface area contributed by atoms with Crippen LogP contribution in [-0.4, -0.2) is 27.6 Å². The van der Waals surface area contributed by atoms with Gasteiger partial charge in [-0.3, -0.25) is 4.79 Å². The molecule has 0 saturated carbocycles. The number of aromatic nitrogens is 2. The van der Waals surface area contributed by atoms with E-state index in [1.54, 1.807) is 31.2 Å². The first-order valence-electron chi connectivity index (χ1n) is 8.05. The van der Waals surface area contributed by atoms with Gasteiger partial charge in [0, 0.05) is 25.2 Å². The van der Waals surface area contributed by atoms with E-state index in [9.17, 15) is 4.79 Å². The number of carbonyl (C=O) groups excluding carboxylic acids is 1. The molecule has 0 aliphatic carbocycles. The third-order valence-corrected chi connectivity index (χ3v) is 4.14. The van der Waals surface area contributed by atoms with Crippen LogP contribution in [0.1, 0.15) is 30.4 Å². The summed E-state index contributed by atoms with van der Waals surface area (Å²) in [6, 6.07) is 9.05. The zero-order chi connectivity index (χ0) is 17.1. The summed E-state index contributed by atoms with van der Waals surface area (Å²) in [6.45, 7) is 4.39. The van der Waals surface area contributed by atoms with Crippen LogP contribution in [0.3, 0.4) is 0 Å². The maximum absolute atomic E-state index is 12.4. The molecule has 2 aromatic rings. The number of hydrogen-bond donors (Lipinski definition) is 1. The number of rotatable bonds is 4. The number of fused-ring (bicyclic) bond motifs is 1. The molecule has 1 N–H and O–H groups in total. The summed E-state index contributed by atoms with van der Waals surface area (Å²) in [6.07, 6.45) is 3.07. The first-order valence-corrected chi connectivity index (χ1v) is 8.05. The number of nitrogens with one attached hydrogen (secondary N) is 1. The van der Waals surface area contributed by atoms with Gasteiger partial charge in [0.25, 0.3) is 5.91 Å². The maximum atomic E-state index is 12.4. The van der Waals surface area contributed by atoms with Crippen LogP contribution < -0.4 is 10.1 Å². The molecule has 1 aliphatic heterocycles. The summed E-state index contributed by atoms with van der Waals surface area (Å²) in [4.78, 5) is 16.9. The third-order valence-electron chi connectivity index (χ3n) is 4.14. The van der Waals surface area contributed by atoms with Crippen molar-refractivity contribution in [2.45, 2.75) is 45.4 Å². The highest BCUT2D eigenvalue weighted by Gasteiger charge is 2.24. The largest absolute Gasteiger partial charge is 0.480 e. The highest BCUT2D eigenvalue weighted by atomic mass is 16.5. The van der Waals surface area contributed by atoms with Gasteiger partial charge in [-0.15, -0.1) is 0 Å². The second kappa shape index (κ2) is 6.75. The summed E-state index contributed by atoms with van der Waals surface area (Å²) in [7, 11) is 0. The molecule has 124 valence electrons. The van der Waals surface area contributed by atoms with Gasteiger partial charge in [0.1, 0.15) is 17.6 Å². The van der Waals surface area contributed by atoms with E-state index < -0.39 is 6.10 Å². The number of para-hydroxylation sites is 1. The van der Waals surface area contributed by atoms with Crippen molar-refractivity contribution < 1.29 is 9.53 Å². The number of carbonyl (C=O) groups is 1. The van der Waals surface area contributed by atoms with Crippen molar-refractivity contribution in [2.75, 3.05) is 0 Å². The minimum absolute atomic E-state index is 0.0656. The Morgan fingerprint density at radius 3 is 3.08 bits per heavy atom. The van der Waals surface area contributed by atoms with E-state index in [-0.39, 0.29) is 11.9 Å². The SMILES string of the molecule is Cc1cn2c(n1)CC[C@@H](NC(=O)[C@H](C)Oc1ccccc1C#N)C2. The molecule has 6 nitrogen and oxygen atoms in total. The van der Waals surface area contributed by atoms with E-state index in [1.807, 2.05) is 13.1 Å². The summed E-state index contributed by atoms with van der Waals surface area (Å²) in [5.41, 5.74) is 1.43. The average molecular weight is 324 g/mol. The number of ether oxygens (including phenoxy) is 1. The molecule has 1 aromatic carbocycles. The maximum Gasteiger partial charge on any atom is 0.261 e. The molecule has 1 aliphatic rings. The standard InChI is InChI=1S/C18H20N4O2/c1-12-10-22-11-15(7-8-17(22)20-12)21-18(23)13(2)24-16-6-4-3-5-14(16)9-19/h3-6,10,13,15H,7-8,11H2,1-2H3,(H,21,23)/t13-,15+/m0/s1. The topological polar surface area (TPSA) is 79.9 Å². The van der Waals surface area contributed by atoms with Crippen LogP contribution in [0.2, 0.25) is 0 Å². The monoisotopic (exact) mass is 324 g/mol. The van der Waals surface area contributed by atoms with Gasteiger partial charge in [0.15, 0.2) is 6.10 Å². The van der Waals surface area contributed by atoms with E-state index >= 15 is 0 Å². The Kier molecular flexibility index (Phi) is 4.52. The lowest BCUT2D eigenvalue weighted by Crippen LogP contribution is -2.46. The van der Waals surface area contributed by atoms with Gasteiger partial charge in [0.05, 0.1) is 11.3 Å². The number of imidazole rings is 1. The normalized spacial score (nSPS) is 17.5. The average Bonchev–Trinajstić information content (AvgIpc) is 2.94. The summed E-state index contributed by atoms with van der Waals surface area (Å²) in [5.74, 6) is 1.33. The molecule has 0 radical (unpaired) electrons.